The maximum Gasteiger partial charge on any atom is 0.359 e. The average molecular weight is 220 g/mol. The van der Waals surface area contributed by atoms with Gasteiger partial charge in [0.05, 0.1) is 18.2 Å². The van der Waals surface area contributed by atoms with Gasteiger partial charge < -0.3 is 9.84 Å². The van der Waals surface area contributed by atoms with Gasteiger partial charge in [0.25, 0.3) is 0 Å². The number of esters is 1. The van der Waals surface area contributed by atoms with Gasteiger partial charge in [-0.3, -0.25) is 5.10 Å². The van der Waals surface area contributed by atoms with Crippen molar-refractivity contribution in [2.24, 2.45) is 0 Å². The predicted octanol–water partition coefficient (Wildman–Crippen LogP) is 1.05. The van der Waals surface area contributed by atoms with E-state index in [2.05, 4.69) is 14.9 Å². The van der Waals surface area contributed by atoms with Gasteiger partial charge in [-0.05, 0) is 18.2 Å². The zero-order valence-electron chi connectivity index (χ0n) is 8.35. The highest BCUT2D eigenvalue weighted by Gasteiger charge is 2.15. The first-order valence-corrected chi connectivity index (χ1v) is 4.43. The quantitative estimate of drug-likeness (QED) is 0.738. The minimum absolute atomic E-state index is 0.0839. The van der Waals surface area contributed by atoms with Gasteiger partial charge in [-0.25, -0.2) is 9.59 Å². The van der Waals surface area contributed by atoms with Crippen molar-refractivity contribution in [1.82, 2.24) is 10.2 Å². The molecule has 2 aromatic rings. The Morgan fingerprint density at radius 1 is 1.44 bits per heavy atom. The lowest BCUT2D eigenvalue weighted by Crippen LogP contribution is -2.02. The molecule has 6 heteroatoms. The van der Waals surface area contributed by atoms with Crippen molar-refractivity contribution in [1.29, 1.82) is 0 Å². The third-order valence-corrected chi connectivity index (χ3v) is 2.19. The zero-order valence-corrected chi connectivity index (χ0v) is 8.35. The fourth-order valence-electron chi connectivity index (χ4n) is 1.40. The lowest BCUT2D eigenvalue weighted by molar-refractivity contribution is 0.0595. The Kier molecular flexibility index (Phi) is 2.32. The summed E-state index contributed by atoms with van der Waals surface area (Å²) in [6.07, 6.45) is 0. The van der Waals surface area contributed by atoms with Crippen LogP contribution in [0, 0.1) is 0 Å². The molecule has 1 aromatic heterocycles. The molecule has 16 heavy (non-hydrogen) atoms. The van der Waals surface area contributed by atoms with Crippen molar-refractivity contribution in [3.8, 4) is 0 Å². The molecule has 1 heterocycles. The molecule has 0 aliphatic carbocycles. The van der Waals surface area contributed by atoms with Gasteiger partial charge in [-0.1, -0.05) is 0 Å². The number of benzene rings is 1. The average Bonchev–Trinajstić information content (AvgIpc) is 2.70. The molecule has 2 N–H and O–H groups in total. The molecule has 6 nitrogen and oxygen atoms in total. The van der Waals surface area contributed by atoms with Gasteiger partial charge in [-0.2, -0.15) is 5.10 Å². The molecule has 82 valence electrons. The van der Waals surface area contributed by atoms with Crippen LogP contribution in [0.2, 0.25) is 0 Å². The van der Waals surface area contributed by atoms with Crippen LogP contribution < -0.4 is 0 Å². The fraction of sp³-hybridized carbons (Fsp3) is 0.100. The Morgan fingerprint density at radius 3 is 2.81 bits per heavy atom. The number of carboxylic acids is 1. The van der Waals surface area contributed by atoms with E-state index in [-0.39, 0.29) is 11.3 Å². The summed E-state index contributed by atoms with van der Waals surface area (Å²) in [4.78, 5) is 22.1. The number of nitrogens with zero attached hydrogens (tertiary/aromatic N) is 1. The zero-order chi connectivity index (χ0) is 11.7. The van der Waals surface area contributed by atoms with Gasteiger partial charge in [0.15, 0.2) is 5.69 Å². The highest BCUT2D eigenvalue weighted by molar-refractivity contribution is 6.04. The maximum absolute atomic E-state index is 11.3. The molecule has 0 saturated carbocycles. The van der Waals surface area contributed by atoms with Crippen LogP contribution in [0.5, 0.6) is 0 Å². The van der Waals surface area contributed by atoms with E-state index in [0.29, 0.717) is 10.9 Å². The number of hydrogen-bond donors (Lipinski definition) is 2. The summed E-state index contributed by atoms with van der Waals surface area (Å²) in [5.74, 6) is -1.66. The van der Waals surface area contributed by atoms with Crippen LogP contribution in [-0.4, -0.2) is 34.4 Å². The lowest BCUT2D eigenvalue weighted by atomic mass is 10.1. The number of hydrogen-bond acceptors (Lipinski definition) is 4. The lowest BCUT2D eigenvalue weighted by Gasteiger charge is -1.96. The monoisotopic (exact) mass is 220 g/mol. The predicted molar refractivity (Wildman–Crippen MR) is 54.4 cm³/mol. The number of aromatic amines is 1. The van der Waals surface area contributed by atoms with Gasteiger partial charge >= 0.3 is 11.9 Å². The largest absolute Gasteiger partial charge is 0.478 e. The number of carbonyl (C=O) groups is 2. The Hall–Kier alpha value is -2.37. The standard InChI is InChI=1S/C10H8N2O4/c1-16-10(15)8-6-4-5(9(13)14)2-3-7(6)11-12-8/h2-4H,1H3,(H,11,12)(H,13,14). The van der Waals surface area contributed by atoms with Crippen molar-refractivity contribution in [2.45, 2.75) is 0 Å². The molecule has 2 rings (SSSR count). The summed E-state index contributed by atoms with van der Waals surface area (Å²) in [6.45, 7) is 0. The van der Waals surface area contributed by atoms with Crippen molar-refractivity contribution < 1.29 is 19.4 Å². The molecule has 0 aliphatic rings. The third kappa shape index (κ3) is 1.50. The molecule has 0 atom stereocenters. The molecule has 0 saturated heterocycles. The topological polar surface area (TPSA) is 92.3 Å². The summed E-state index contributed by atoms with van der Waals surface area (Å²) in [5, 5.41) is 15.7. The second-order valence-electron chi connectivity index (χ2n) is 3.13. The SMILES string of the molecule is COC(=O)c1n[nH]c2ccc(C(=O)O)cc12. The first-order chi connectivity index (χ1) is 7.63. The number of rotatable bonds is 2. The fourth-order valence-corrected chi connectivity index (χ4v) is 1.40. The molecular formula is C10H8N2O4. The van der Waals surface area contributed by atoms with Crippen molar-refractivity contribution in [3.63, 3.8) is 0 Å². The van der Waals surface area contributed by atoms with E-state index >= 15 is 0 Å². The van der Waals surface area contributed by atoms with Gasteiger partial charge in [0.2, 0.25) is 0 Å². The number of ether oxygens (including phenoxy) is 1. The number of methoxy groups -OCH3 is 1. The van der Waals surface area contributed by atoms with Gasteiger partial charge in [-0.15, -0.1) is 0 Å². The molecule has 0 aliphatic heterocycles. The first kappa shape index (κ1) is 10.2. The van der Waals surface area contributed by atoms with E-state index < -0.39 is 11.9 Å². The summed E-state index contributed by atoms with van der Waals surface area (Å²) < 4.78 is 4.53. The van der Waals surface area contributed by atoms with Gasteiger partial charge in [0, 0.05) is 5.39 Å². The normalized spacial score (nSPS) is 10.3. The number of carboxylic acid groups (broad SMARTS) is 1. The van der Waals surface area contributed by atoms with Crippen LogP contribution in [0.4, 0.5) is 0 Å². The van der Waals surface area contributed by atoms with E-state index in [9.17, 15) is 9.59 Å². The summed E-state index contributed by atoms with van der Waals surface area (Å²) in [5.41, 5.74) is 0.769. The van der Waals surface area contributed by atoms with Crippen molar-refractivity contribution >= 4 is 22.8 Å². The van der Waals surface area contributed by atoms with E-state index in [0.717, 1.165) is 0 Å². The minimum atomic E-state index is -1.06. The van der Waals surface area contributed by atoms with Crippen LogP contribution in [0.15, 0.2) is 18.2 Å². The summed E-state index contributed by atoms with van der Waals surface area (Å²) >= 11 is 0. The molecule has 0 amide bonds. The maximum atomic E-state index is 11.3. The van der Waals surface area contributed by atoms with Gasteiger partial charge in [0.1, 0.15) is 0 Å². The van der Waals surface area contributed by atoms with Crippen LogP contribution >= 0.6 is 0 Å². The Morgan fingerprint density at radius 2 is 2.19 bits per heavy atom. The number of carbonyl (C=O) groups excluding carboxylic acids is 1. The Labute approximate surface area is 89.8 Å². The highest BCUT2D eigenvalue weighted by Crippen LogP contribution is 2.18. The smallest absolute Gasteiger partial charge is 0.359 e. The highest BCUT2D eigenvalue weighted by atomic mass is 16.5. The second-order valence-corrected chi connectivity index (χ2v) is 3.13. The Bertz CT molecular complexity index is 573. The van der Waals surface area contributed by atoms with Crippen molar-refractivity contribution in [3.05, 3.63) is 29.5 Å². The number of aromatic nitrogens is 2. The van der Waals surface area contributed by atoms with E-state index in [1.54, 1.807) is 6.07 Å². The number of H-pyrrole nitrogens is 1. The van der Waals surface area contributed by atoms with Crippen molar-refractivity contribution in [2.75, 3.05) is 7.11 Å². The number of aromatic carboxylic acids is 1. The van der Waals surface area contributed by atoms with E-state index in [4.69, 9.17) is 5.11 Å². The second kappa shape index (κ2) is 3.65. The minimum Gasteiger partial charge on any atom is -0.478 e. The van der Waals surface area contributed by atoms with Crippen LogP contribution in [0.3, 0.4) is 0 Å². The number of nitrogens with one attached hydrogen (secondary N) is 1. The summed E-state index contributed by atoms with van der Waals surface area (Å²) in [6, 6.07) is 4.37. The van der Waals surface area contributed by atoms with E-state index in [1.807, 2.05) is 0 Å². The molecule has 1 aromatic carbocycles. The van der Waals surface area contributed by atoms with Crippen LogP contribution in [0.25, 0.3) is 10.9 Å². The molecular weight excluding hydrogens is 212 g/mol. The number of fused-ring (bicyclic) bond motifs is 1. The first-order valence-electron chi connectivity index (χ1n) is 4.43. The Balaban J connectivity index is 2.64. The molecule has 0 radical (unpaired) electrons. The molecule has 0 bridgehead atoms. The molecule has 0 spiro atoms. The molecule has 0 unspecified atom stereocenters. The molecule has 0 fully saturated rings. The third-order valence-electron chi connectivity index (χ3n) is 2.19. The van der Waals surface area contributed by atoms with Crippen LogP contribution in [-0.2, 0) is 4.74 Å². The van der Waals surface area contributed by atoms with E-state index in [1.165, 1.54) is 19.2 Å². The van der Waals surface area contributed by atoms with Crippen LogP contribution in [0.1, 0.15) is 20.8 Å². The summed E-state index contributed by atoms with van der Waals surface area (Å²) in [7, 11) is 1.24.